The van der Waals surface area contributed by atoms with Gasteiger partial charge in [0.1, 0.15) is 10.6 Å². The number of pyridine rings is 1. The molecule has 8 heteroatoms. The molecule has 0 saturated heterocycles. The van der Waals surface area contributed by atoms with Crippen LogP contribution in [0.25, 0.3) is 31.9 Å². The molecule has 6 nitrogen and oxygen atoms in total. The summed E-state index contributed by atoms with van der Waals surface area (Å²) >= 11 is 3.42. The molecule has 0 spiro atoms. The number of anilines is 1. The van der Waals surface area contributed by atoms with Crippen molar-refractivity contribution in [2.24, 2.45) is 0 Å². The zero-order valence-corrected chi connectivity index (χ0v) is 20.8. The number of thiazole rings is 1. The maximum absolute atomic E-state index is 12.6. The van der Waals surface area contributed by atoms with Gasteiger partial charge in [0.25, 0.3) is 0 Å². The van der Waals surface area contributed by atoms with Gasteiger partial charge in [-0.15, -0.1) is 22.7 Å². The lowest BCUT2D eigenvalue weighted by Crippen LogP contribution is -2.39. The first-order chi connectivity index (χ1) is 15.8. The standard InChI is InChI=1S/C25H26N4O2S2/c1-25(2,3)31-24(30)29-12-9-17-20(14-29)33-22(26-4)21(17)23-28-18-13-16(5-6-19(18)32-23)15-7-10-27-11-8-15/h5-8,10-11,13,26H,9,12,14H2,1-4H3. The topological polar surface area (TPSA) is 67.4 Å². The molecule has 0 aliphatic carbocycles. The summed E-state index contributed by atoms with van der Waals surface area (Å²) in [5, 5.41) is 5.47. The highest BCUT2D eigenvalue weighted by atomic mass is 32.1. The predicted octanol–water partition coefficient (Wildman–Crippen LogP) is 6.42. The molecule has 1 amide bonds. The first kappa shape index (κ1) is 21.9. The van der Waals surface area contributed by atoms with Crippen molar-refractivity contribution >= 4 is 44.0 Å². The highest BCUT2D eigenvalue weighted by Crippen LogP contribution is 2.45. The van der Waals surface area contributed by atoms with Crippen LogP contribution in [0.3, 0.4) is 0 Å². The number of benzene rings is 1. The fourth-order valence-electron chi connectivity index (χ4n) is 4.05. The summed E-state index contributed by atoms with van der Waals surface area (Å²) in [6.45, 7) is 6.91. The summed E-state index contributed by atoms with van der Waals surface area (Å²) in [6.07, 6.45) is 4.16. The Bertz CT molecular complexity index is 1320. The fraction of sp³-hybridized carbons (Fsp3) is 0.320. The molecule has 1 aromatic carbocycles. The number of hydrogen-bond donors (Lipinski definition) is 1. The average molecular weight is 479 g/mol. The number of amides is 1. The second-order valence-corrected chi connectivity index (χ2v) is 11.2. The molecule has 1 aliphatic heterocycles. The zero-order chi connectivity index (χ0) is 23.2. The SMILES string of the molecule is CNc1sc2c(c1-c1nc3cc(-c4ccncc4)ccc3s1)CCN(C(=O)OC(C)(C)C)C2. The van der Waals surface area contributed by atoms with E-state index in [0.717, 1.165) is 37.8 Å². The minimum atomic E-state index is -0.496. The third-order valence-corrected chi connectivity index (χ3v) is 7.84. The van der Waals surface area contributed by atoms with E-state index in [0.29, 0.717) is 13.1 Å². The highest BCUT2D eigenvalue weighted by Gasteiger charge is 2.30. The van der Waals surface area contributed by atoms with Crippen LogP contribution < -0.4 is 5.32 Å². The summed E-state index contributed by atoms with van der Waals surface area (Å²) < 4.78 is 6.75. The molecule has 33 heavy (non-hydrogen) atoms. The number of hydrogen-bond acceptors (Lipinski definition) is 7. The van der Waals surface area contributed by atoms with E-state index >= 15 is 0 Å². The molecule has 0 fully saturated rings. The highest BCUT2D eigenvalue weighted by molar-refractivity contribution is 7.22. The van der Waals surface area contributed by atoms with E-state index in [2.05, 4.69) is 28.5 Å². The Labute approximate surface area is 201 Å². The Morgan fingerprint density at radius 3 is 2.64 bits per heavy atom. The average Bonchev–Trinajstić information content (AvgIpc) is 3.38. The molecule has 1 N–H and O–H groups in total. The van der Waals surface area contributed by atoms with Crippen molar-refractivity contribution in [3.63, 3.8) is 0 Å². The van der Waals surface area contributed by atoms with Crippen LogP contribution in [-0.2, 0) is 17.7 Å². The molecular weight excluding hydrogens is 452 g/mol. The third kappa shape index (κ3) is 4.32. The monoisotopic (exact) mass is 478 g/mol. The molecule has 0 atom stereocenters. The minimum Gasteiger partial charge on any atom is -0.444 e. The van der Waals surface area contributed by atoms with E-state index in [9.17, 15) is 4.79 Å². The molecule has 0 radical (unpaired) electrons. The van der Waals surface area contributed by atoms with E-state index in [1.807, 2.05) is 52.3 Å². The van der Waals surface area contributed by atoms with Crippen molar-refractivity contribution in [2.45, 2.75) is 39.3 Å². The normalized spacial score (nSPS) is 13.8. The molecule has 5 rings (SSSR count). The van der Waals surface area contributed by atoms with Crippen molar-refractivity contribution in [2.75, 3.05) is 18.9 Å². The molecule has 3 aromatic heterocycles. The number of nitrogens with one attached hydrogen (secondary N) is 1. The summed E-state index contributed by atoms with van der Waals surface area (Å²) in [5.41, 5.74) is 5.23. The Morgan fingerprint density at radius 2 is 1.91 bits per heavy atom. The van der Waals surface area contributed by atoms with Gasteiger partial charge in [-0.1, -0.05) is 6.07 Å². The number of carbonyl (C=O) groups excluding carboxylic acids is 1. The van der Waals surface area contributed by atoms with Crippen molar-refractivity contribution < 1.29 is 9.53 Å². The smallest absolute Gasteiger partial charge is 0.410 e. The van der Waals surface area contributed by atoms with Crippen LogP contribution in [-0.4, -0.2) is 40.2 Å². The Morgan fingerprint density at radius 1 is 1.12 bits per heavy atom. The van der Waals surface area contributed by atoms with E-state index in [-0.39, 0.29) is 6.09 Å². The molecule has 1 aliphatic rings. The number of fused-ring (bicyclic) bond motifs is 2. The Hall–Kier alpha value is -2.97. The van der Waals surface area contributed by atoms with Crippen LogP contribution in [0.2, 0.25) is 0 Å². The lowest BCUT2D eigenvalue weighted by molar-refractivity contribution is 0.0227. The lowest BCUT2D eigenvalue weighted by Gasteiger charge is -2.30. The second kappa shape index (κ2) is 8.43. The van der Waals surface area contributed by atoms with Gasteiger partial charge in [0.05, 0.1) is 21.8 Å². The first-order valence-corrected chi connectivity index (χ1v) is 12.6. The second-order valence-electron chi connectivity index (χ2n) is 9.05. The lowest BCUT2D eigenvalue weighted by atomic mass is 10.0. The zero-order valence-electron chi connectivity index (χ0n) is 19.1. The molecule has 0 bridgehead atoms. The van der Waals surface area contributed by atoms with Gasteiger partial charge in [-0.2, -0.15) is 0 Å². The maximum Gasteiger partial charge on any atom is 0.410 e. The summed E-state index contributed by atoms with van der Waals surface area (Å²) in [5.74, 6) is 0. The summed E-state index contributed by atoms with van der Waals surface area (Å²) in [7, 11) is 1.95. The summed E-state index contributed by atoms with van der Waals surface area (Å²) in [6, 6.07) is 10.5. The Kier molecular flexibility index (Phi) is 5.58. The van der Waals surface area contributed by atoms with E-state index in [1.54, 1.807) is 27.6 Å². The van der Waals surface area contributed by atoms with E-state index in [1.165, 1.54) is 16.0 Å². The minimum absolute atomic E-state index is 0.252. The molecule has 0 saturated carbocycles. The van der Waals surface area contributed by atoms with Gasteiger partial charge in [-0.05, 0) is 68.1 Å². The predicted molar refractivity (Wildman–Crippen MR) is 136 cm³/mol. The van der Waals surface area contributed by atoms with Gasteiger partial charge in [-0.25, -0.2) is 9.78 Å². The van der Waals surface area contributed by atoms with Crippen molar-refractivity contribution in [1.29, 1.82) is 0 Å². The van der Waals surface area contributed by atoms with Crippen LogP contribution in [0.15, 0.2) is 42.7 Å². The van der Waals surface area contributed by atoms with Crippen molar-refractivity contribution in [3.05, 3.63) is 53.2 Å². The quantitative estimate of drug-likeness (QED) is 0.368. The van der Waals surface area contributed by atoms with Gasteiger partial charge in [-0.3, -0.25) is 4.98 Å². The van der Waals surface area contributed by atoms with Crippen LogP contribution in [0.1, 0.15) is 31.2 Å². The number of nitrogens with zero attached hydrogens (tertiary/aromatic N) is 3. The first-order valence-electron chi connectivity index (χ1n) is 10.9. The number of thiophene rings is 1. The van der Waals surface area contributed by atoms with Gasteiger partial charge >= 0.3 is 6.09 Å². The van der Waals surface area contributed by atoms with Gasteiger partial charge in [0.2, 0.25) is 0 Å². The molecule has 4 heterocycles. The van der Waals surface area contributed by atoms with Gasteiger partial charge < -0.3 is 15.0 Å². The van der Waals surface area contributed by atoms with E-state index < -0.39 is 5.60 Å². The molecular formula is C25H26N4O2S2. The van der Waals surface area contributed by atoms with Crippen molar-refractivity contribution in [3.8, 4) is 21.7 Å². The van der Waals surface area contributed by atoms with Gasteiger partial charge in [0, 0.05) is 36.4 Å². The van der Waals surface area contributed by atoms with Gasteiger partial charge in [0.15, 0.2) is 0 Å². The Balaban J connectivity index is 1.48. The third-order valence-electron chi connectivity index (χ3n) is 5.55. The maximum atomic E-state index is 12.6. The molecule has 0 unspecified atom stereocenters. The van der Waals surface area contributed by atoms with Crippen LogP contribution in [0, 0.1) is 0 Å². The fourth-order valence-corrected chi connectivity index (χ4v) is 6.35. The molecule has 4 aromatic rings. The number of ether oxygens (including phenoxy) is 1. The van der Waals surface area contributed by atoms with Crippen LogP contribution in [0.4, 0.5) is 9.80 Å². The number of rotatable bonds is 3. The van der Waals surface area contributed by atoms with Crippen molar-refractivity contribution in [1.82, 2.24) is 14.9 Å². The summed E-state index contributed by atoms with van der Waals surface area (Å²) in [4.78, 5) is 24.7. The number of carbonyl (C=O) groups is 1. The molecule has 170 valence electrons. The largest absolute Gasteiger partial charge is 0.444 e. The van der Waals surface area contributed by atoms with Crippen LogP contribution in [0.5, 0.6) is 0 Å². The van der Waals surface area contributed by atoms with Crippen LogP contribution >= 0.6 is 22.7 Å². The van der Waals surface area contributed by atoms with E-state index in [4.69, 9.17) is 9.72 Å². The number of aromatic nitrogens is 2.